The third kappa shape index (κ3) is 4.54. The van der Waals surface area contributed by atoms with E-state index >= 15 is 0 Å². The number of rotatable bonds is 6. The fraction of sp³-hybridized carbons (Fsp3) is 0.235. The number of carbonyl (C=O) groups is 1. The summed E-state index contributed by atoms with van der Waals surface area (Å²) in [4.78, 5) is 24.0. The van der Waals surface area contributed by atoms with Crippen LogP contribution in [0.4, 0.5) is 5.69 Å². The molecule has 23 heavy (non-hydrogen) atoms. The Balaban J connectivity index is 1.95. The molecular formula is C17H18N2O4. The smallest absolute Gasteiger partial charge is 0.269 e. The lowest BCUT2D eigenvalue weighted by Crippen LogP contribution is -2.37. The average molecular weight is 314 g/mol. The van der Waals surface area contributed by atoms with E-state index in [1.165, 1.54) is 24.3 Å². The number of hydrogen-bond donors (Lipinski definition) is 0. The zero-order chi connectivity index (χ0) is 16.8. The summed E-state index contributed by atoms with van der Waals surface area (Å²) in [5.41, 5.74) is 1.02. The van der Waals surface area contributed by atoms with Gasteiger partial charge in [-0.2, -0.15) is 0 Å². The number of amides is 1. The molecule has 6 heteroatoms. The molecule has 2 rings (SSSR count). The van der Waals surface area contributed by atoms with Crippen molar-refractivity contribution in [2.45, 2.75) is 19.6 Å². The van der Waals surface area contributed by atoms with Crippen LogP contribution in [-0.2, 0) is 11.3 Å². The van der Waals surface area contributed by atoms with Gasteiger partial charge in [-0.05, 0) is 24.6 Å². The van der Waals surface area contributed by atoms with Gasteiger partial charge in [0.15, 0.2) is 6.10 Å². The molecule has 0 aromatic heterocycles. The van der Waals surface area contributed by atoms with Gasteiger partial charge in [0.05, 0.1) is 4.92 Å². The Morgan fingerprint density at radius 1 is 1.17 bits per heavy atom. The van der Waals surface area contributed by atoms with Gasteiger partial charge in [0, 0.05) is 25.7 Å². The maximum atomic E-state index is 12.3. The Bertz CT molecular complexity index is 671. The van der Waals surface area contributed by atoms with Gasteiger partial charge < -0.3 is 9.64 Å². The van der Waals surface area contributed by atoms with Crippen LogP contribution in [0.25, 0.3) is 0 Å². The molecule has 1 atom stereocenters. The SMILES string of the molecule is CC(Oc1ccc([N+](=O)[O-])cc1)C(=O)N(C)Cc1ccccc1. The molecule has 1 amide bonds. The van der Waals surface area contributed by atoms with Crippen molar-refractivity contribution >= 4 is 11.6 Å². The fourth-order valence-corrected chi connectivity index (χ4v) is 2.15. The molecule has 0 aliphatic rings. The van der Waals surface area contributed by atoms with Crippen LogP contribution in [0.5, 0.6) is 5.75 Å². The Kier molecular flexibility index (Phi) is 5.30. The molecule has 0 aliphatic heterocycles. The topological polar surface area (TPSA) is 72.7 Å². The van der Waals surface area contributed by atoms with Gasteiger partial charge in [-0.1, -0.05) is 30.3 Å². The van der Waals surface area contributed by atoms with Crippen molar-refractivity contribution < 1.29 is 14.5 Å². The van der Waals surface area contributed by atoms with E-state index in [1.807, 2.05) is 30.3 Å². The maximum Gasteiger partial charge on any atom is 0.269 e. The number of benzene rings is 2. The standard InChI is InChI=1S/C17H18N2O4/c1-13(23-16-10-8-15(9-11-16)19(21)22)17(20)18(2)12-14-6-4-3-5-7-14/h3-11,13H,12H2,1-2H3. The summed E-state index contributed by atoms with van der Waals surface area (Å²) in [6.07, 6.45) is -0.676. The number of nitro groups is 1. The van der Waals surface area contributed by atoms with E-state index < -0.39 is 11.0 Å². The molecule has 2 aromatic rings. The number of ether oxygens (including phenoxy) is 1. The first-order valence-electron chi connectivity index (χ1n) is 7.17. The fourth-order valence-electron chi connectivity index (χ4n) is 2.15. The molecule has 120 valence electrons. The minimum atomic E-state index is -0.676. The van der Waals surface area contributed by atoms with E-state index in [0.29, 0.717) is 12.3 Å². The molecule has 0 spiro atoms. The van der Waals surface area contributed by atoms with E-state index in [2.05, 4.69) is 0 Å². The van der Waals surface area contributed by atoms with Crippen molar-refractivity contribution in [3.05, 3.63) is 70.3 Å². The molecule has 0 saturated carbocycles. The lowest BCUT2D eigenvalue weighted by atomic mass is 10.2. The zero-order valence-electron chi connectivity index (χ0n) is 13.0. The summed E-state index contributed by atoms with van der Waals surface area (Å²) in [6.45, 7) is 2.15. The van der Waals surface area contributed by atoms with Gasteiger partial charge in [0.2, 0.25) is 0 Å². The molecule has 0 fully saturated rings. The number of likely N-dealkylation sites (N-methyl/N-ethyl adjacent to an activating group) is 1. The third-order valence-corrected chi connectivity index (χ3v) is 3.35. The van der Waals surface area contributed by atoms with Crippen molar-refractivity contribution in [1.82, 2.24) is 4.90 Å². The lowest BCUT2D eigenvalue weighted by Gasteiger charge is -2.22. The molecule has 0 saturated heterocycles. The quantitative estimate of drug-likeness (QED) is 0.607. The second-order valence-corrected chi connectivity index (χ2v) is 5.19. The van der Waals surface area contributed by atoms with E-state index in [0.717, 1.165) is 5.56 Å². The zero-order valence-corrected chi connectivity index (χ0v) is 13.0. The highest BCUT2D eigenvalue weighted by atomic mass is 16.6. The van der Waals surface area contributed by atoms with E-state index in [9.17, 15) is 14.9 Å². The first kappa shape index (κ1) is 16.5. The van der Waals surface area contributed by atoms with Crippen molar-refractivity contribution in [2.24, 2.45) is 0 Å². The number of carbonyl (C=O) groups excluding carboxylic acids is 1. The van der Waals surface area contributed by atoms with Crippen LogP contribution < -0.4 is 4.74 Å². The molecule has 0 aliphatic carbocycles. The summed E-state index contributed by atoms with van der Waals surface area (Å²) in [6, 6.07) is 15.3. The minimum absolute atomic E-state index is 0.0162. The number of hydrogen-bond acceptors (Lipinski definition) is 4. The Morgan fingerprint density at radius 3 is 2.35 bits per heavy atom. The monoisotopic (exact) mass is 314 g/mol. The molecule has 1 unspecified atom stereocenters. The molecular weight excluding hydrogens is 296 g/mol. The van der Waals surface area contributed by atoms with Gasteiger partial charge in [0.25, 0.3) is 11.6 Å². The predicted molar refractivity (Wildman–Crippen MR) is 86.1 cm³/mol. The Morgan fingerprint density at radius 2 is 1.78 bits per heavy atom. The number of non-ortho nitro benzene ring substituents is 1. The van der Waals surface area contributed by atoms with Crippen LogP contribution in [0.3, 0.4) is 0 Å². The Labute approximate surface area is 134 Å². The summed E-state index contributed by atoms with van der Waals surface area (Å²) in [5, 5.41) is 10.6. The van der Waals surface area contributed by atoms with Gasteiger partial charge in [-0.15, -0.1) is 0 Å². The van der Waals surface area contributed by atoms with Crippen molar-refractivity contribution in [3.8, 4) is 5.75 Å². The summed E-state index contributed by atoms with van der Waals surface area (Å²) in [7, 11) is 1.71. The van der Waals surface area contributed by atoms with E-state index in [-0.39, 0.29) is 11.6 Å². The molecule has 2 aromatic carbocycles. The van der Waals surface area contributed by atoms with Crippen LogP contribution in [0.1, 0.15) is 12.5 Å². The molecule has 0 heterocycles. The third-order valence-electron chi connectivity index (χ3n) is 3.35. The molecule has 0 N–H and O–H groups in total. The number of nitro benzene ring substituents is 1. The molecule has 0 radical (unpaired) electrons. The van der Waals surface area contributed by atoms with E-state index in [1.54, 1.807) is 18.9 Å². The summed E-state index contributed by atoms with van der Waals surface area (Å²) < 4.78 is 5.56. The second kappa shape index (κ2) is 7.40. The van der Waals surface area contributed by atoms with Gasteiger partial charge in [0.1, 0.15) is 5.75 Å². The number of nitrogens with zero attached hydrogens (tertiary/aromatic N) is 2. The minimum Gasteiger partial charge on any atom is -0.481 e. The largest absolute Gasteiger partial charge is 0.481 e. The maximum absolute atomic E-state index is 12.3. The first-order chi connectivity index (χ1) is 11.0. The van der Waals surface area contributed by atoms with Gasteiger partial charge in [-0.25, -0.2) is 0 Å². The normalized spacial score (nSPS) is 11.6. The van der Waals surface area contributed by atoms with Crippen LogP contribution in [0, 0.1) is 10.1 Å². The van der Waals surface area contributed by atoms with Gasteiger partial charge >= 0.3 is 0 Å². The highest BCUT2D eigenvalue weighted by Crippen LogP contribution is 2.19. The molecule has 6 nitrogen and oxygen atoms in total. The Hall–Kier alpha value is -2.89. The molecule has 0 bridgehead atoms. The van der Waals surface area contributed by atoms with Crippen LogP contribution >= 0.6 is 0 Å². The average Bonchev–Trinajstić information content (AvgIpc) is 2.55. The summed E-state index contributed by atoms with van der Waals surface area (Å²) in [5.74, 6) is 0.261. The highest BCUT2D eigenvalue weighted by molar-refractivity contribution is 5.80. The van der Waals surface area contributed by atoms with Crippen LogP contribution in [0.15, 0.2) is 54.6 Å². The van der Waals surface area contributed by atoms with Crippen molar-refractivity contribution in [1.29, 1.82) is 0 Å². The summed E-state index contributed by atoms with van der Waals surface area (Å²) >= 11 is 0. The van der Waals surface area contributed by atoms with E-state index in [4.69, 9.17) is 4.74 Å². The van der Waals surface area contributed by atoms with Gasteiger partial charge in [-0.3, -0.25) is 14.9 Å². The highest BCUT2D eigenvalue weighted by Gasteiger charge is 2.19. The van der Waals surface area contributed by atoms with Crippen LogP contribution in [-0.4, -0.2) is 28.9 Å². The lowest BCUT2D eigenvalue weighted by molar-refractivity contribution is -0.384. The van der Waals surface area contributed by atoms with Crippen molar-refractivity contribution in [3.63, 3.8) is 0 Å². The van der Waals surface area contributed by atoms with Crippen LogP contribution in [0.2, 0.25) is 0 Å². The first-order valence-corrected chi connectivity index (χ1v) is 7.17. The predicted octanol–water partition coefficient (Wildman–Crippen LogP) is 3.02. The second-order valence-electron chi connectivity index (χ2n) is 5.19. The van der Waals surface area contributed by atoms with Crippen molar-refractivity contribution in [2.75, 3.05) is 7.05 Å².